The fraction of sp³-hybridized carbons (Fsp3) is 0.200. The first-order chi connectivity index (χ1) is 9.17. The maximum atomic E-state index is 12.3. The molecule has 4 heteroatoms. The van der Waals surface area contributed by atoms with Gasteiger partial charge in [-0.2, -0.15) is 0 Å². The number of ether oxygens (including phenoxy) is 1. The second-order valence-electron chi connectivity index (χ2n) is 4.00. The second-order valence-corrected chi connectivity index (χ2v) is 4.00. The van der Waals surface area contributed by atoms with Crippen LogP contribution in [0, 0.1) is 0 Å². The number of benzene rings is 1. The molecule has 0 radical (unpaired) electrons. The summed E-state index contributed by atoms with van der Waals surface area (Å²) in [5.41, 5.74) is 0.796. The molecule has 0 aliphatic rings. The fourth-order valence-electron chi connectivity index (χ4n) is 1.76. The number of carbonyl (C=O) groups is 2. The van der Waals surface area contributed by atoms with Crippen molar-refractivity contribution >= 4 is 11.6 Å². The molecule has 0 N–H and O–H groups in total. The number of furan rings is 1. The molecule has 0 bridgehead atoms. The SMILES string of the molecule is CCC(=O)c1occc1C(=O)c1ccc(OC)cc1. The lowest BCUT2D eigenvalue weighted by molar-refractivity contribution is 0.0946. The van der Waals surface area contributed by atoms with E-state index in [1.54, 1.807) is 38.3 Å². The summed E-state index contributed by atoms with van der Waals surface area (Å²) in [6.07, 6.45) is 1.66. The number of Topliss-reactive ketones (excluding diaryl/α,β-unsaturated/α-hetero) is 1. The molecule has 2 aromatic rings. The minimum Gasteiger partial charge on any atom is -0.497 e. The van der Waals surface area contributed by atoms with Gasteiger partial charge >= 0.3 is 0 Å². The van der Waals surface area contributed by atoms with Gasteiger partial charge in [-0.25, -0.2) is 0 Å². The first kappa shape index (κ1) is 13.1. The highest BCUT2D eigenvalue weighted by molar-refractivity contribution is 6.14. The van der Waals surface area contributed by atoms with Crippen molar-refractivity contribution in [1.29, 1.82) is 0 Å². The summed E-state index contributed by atoms with van der Waals surface area (Å²) in [6.45, 7) is 1.73. The molecular weight excluding hydrogens is 244 g/mol. The van der Waals surface area contributed by atoms with E-state index >= 15 is 0 Å². The minimum absolute atomic E-state index is 0.128. The molecule has 0 saturated carbocycles. The average molecular weight is 258 g/mol. The van der Waals surface area contributed by atoms with Crippen LogP contribution in [0.2, 0.25) is 0 Å². The Morgan fingerprint density at radius 1 is 1.16 bits per heavy atom. The van der Waals surface area contributed by atoms with Gasteiger partial charge in [0.1, 0.15) is 5.75 Å². The van der Waals surface area contributed by atoms with Crippen molar-refractivity contribution in [3.63, 3.8) is 0 Å². The number of ketones is 2. The first-order valence-corrected chi connectivity index (χ1v) is 5.96. The van der Waals surface area contributed by atoms with Crippen molar-refractivity contribution < 1.29 is 18.7 Å². The van der Waals surface area contributed by atoms with Crippen LogP contribution in [0.5, 0.6) is 5.75 Å². The minimum atomic E-state index is -0.229. The van der Waals surface area contributed by atoms with Crippen LogP contribution in [0.3, 0.4) is 0 Å². The van der Waals surface area contributed by atoms with E-state index in [2.05, 4.69) is 0 Å². The lowest BCUT2D eigenvalue weighted by Gasteiger charge is -2.03. The maximum Gasteiger partial charge on any atom is 0.198 e. The zero-order valence-corrected chi connectivity index (χ0v) is 10.8. The van der Waals surface area contributed by atoms with Gasteiger partial charge in [-0.1, -0.05) is 6.92 Å². The van der Waals surface area contributed by atoms with Gasteiger partial charge in [-0.3, -0.25) is 9.59 Å². The van der Waals surface area contributed by atoms with Crippen molar-refractivity contribution in [2.24, 2.45) is 0 Å². The van der Waals surface area contributed by atoms with E-state index < -0.39 is 0 Å². The second kappa shape index (κ2) is 5.52. The van der Waals surface area contributed by atoms with Crippen LogP contribution >= 0.6 is 0 Å². The predicted molar refractivity (Wildman–Crippen MR) is 69.8 cm³/mol. The third-order valence-electron chi connectivity index (χ3n) is 2.84. The zero-order chi connectivity index (χ0) is 13.8. The molecule has 0 aliphatic heterocycles. The third-order valence-corrected chi connectivity index (χ3v) is 2.84. The Bertz CT molecular complexity index is 593. The van der Waals surface area contributed by atoms with Crippen LogP contribution in [0.4, 0.5) is 0 Å². The monoisotopic (exact) mass is 258 g/mol. The van der Waals surface area contributed by atoms with Gasteiger partial charge in [0.25, 0.3) is 0 Å². The standard InChI is InChI=1S/C15H14O4/c1-3-13(16)15-12(8-9-19-15)14(17)10-4-6-11(18-2)7-5-10/h4-9H,3H2,1-2H3. The number of hydrogen-bond acceptors (Lipinski definition) is 4. The number of carbonyl (C=O) groups excluding carboxylic acids is 2. The molecule has 2 rings (SSSR count). The van der Waals surface area contributed by atoms with Gasteiger partial charge in [0.05, 0.1) is 18.9 Å². The first-order valence-electron chi connectivity index (χ1n) is 5.96. The molecule has 4 nitrogen and oxygen atoms in total. The third kappa shape index (κ3) is 2.57. The van der Waals surface area contributed by atoms with Crippen LogP contribution in [-0.2, 0) is 0 Å². The molecule has 0 amide bonds. The van der Waals surface area contributed by atoms with Crippen molar-refractivity contribution in [3.8, 4) is 5.75 Å². The van der Waals surface area contributed by atoms with E-state index in [0.717, 1.165) is 0 Å². The molecule has 0 unspecified atom stereocenters. The maximum absolute atomic E-state index is 12.3. The fourth-order valence-corrected chi connectivity index (χ4v) is 1.76. The molecule has 19 heavy (non-hydrogen) atoms. The van der Waals surface area contributed by atoms with Gasteiger partial charge in [-0.15, -0.1) is 0 Å². The Labute approximate surface area is 111 Å². The van der Waals surface area contributed by atoms with Gasteiger partial charge in [0.2, 0.25) is 0 Å². The van der Waals surface area contributed by atoms with E-state index in [4.69, 9.17) is 9.15 Å². The molecule has 98 valence electrons. The molecule has 1 aromatic carbocycles. The Balaban J connectivity index is 2.33. The van der Waals surface area contributed by atoms with Gasteiger partial charge < -0.3 is 9.15 Å². The largest absolute Gasteiger partial charge is 0.497 e. The van der Waals surface area contributed by atoms with Gasteiger partial charge in [0.15, 0.2) is 17.3 Å². The van der Waals surface area contributed by atoms with Crippen LogP contribution < -0.4 is 4.74 Å². The van der Waals surface area contributed by atoms with Crippen LogP contribution in [0.15, 0.2) is 41.0 Å². The van der Waals surface area contributed by atoms with Crippen LogP contribution in [-0.4, -0.2) is 18.7 Å². The quantitative estimate of drug-likeness (QED) is 0.773. The average Bonchev–Trinajstić information content (AvgIpc) is 2.95. The molecule has 1 heterocycles. The summed E-state index contributed by atoms with van der Waals surface area (Å²) in [5.74, 6) is 0.395. The molecule has 0 aliphatic carbocycles. The molecule has 1 aromatic heterocycles. The van der Waals surface area contributed by atoms with Crippen molar-refractivity contribution in [1.82, 2.24) is 0 Å². The summed E-state index contributed by atoms with van der Waals surface area (Å²) in [4.78, 5) is 24.0. The highest BCUT2D eigenvalue weighted by Gasteiger charge is 2.20. The summed E-state index contributed by atoms with van der Waals surface area (Å²) >= 11 is 0. The lowest BCUT2D eigenvalue weighted by atomic mass is 10.0. The Hall–Kier alpha value is -2.36. The summed E-state index contributed by atoms with van der Waals surface area (Å²) in [5, 5.41) is 0. The lowest BCUT2D eigenvalue weighted by Crippen LogP contribution is -2.06. The Morgan fingerprint density at radius 2 is 1.84 bits per heavy atom. The highest BCUT2D eigenvalue weighted by atomic mass is 16.5. The molecule has 0 atom stereocenters. The smallest absolute Gasteiger partial charge is 0.198 e. The van der Waals surface area contributed by atoms with Crippen LogP contribution in [0.1, 0.15) is 39.8 Å². The molecule has 0 spiro atoms. The number of hydrogen-bond donors (Lipinski definition) is 0. The zero-order valence-electron chi connectivity index (χ0n) is 10.8. The summed E-state index contributed by atoms with van der Waals surface area (Å²) in [7, 11) is 1.56. The van der Waals surface area contributed by atoms with Gasteiger partial charge in [-0.05, 0) is 30.3 Å². The molecule has 0 fully saturated rings. The van der Waals surface area contributed by atoms with E-state index in [1.165, 1.54) is 12.3 Å². The normalized spacial score (nSPS) is 10.2. The highest BCUT2D eigenvalue weighted by Crippen LogP contribution is 2.19. The van der Waals surface area contributed by atoms with Crippen molar-refractivity contribution in [3.05, 3.63) is 53.5 Å². The topological polar surface area (TPSA) is 56.5 Å². The Morgan fingerprint density at radius 3 is 2.42 bits per heavy atom. The van der Waals surface area contributed by atoms with E-state index in [1.807, 2.05) is 0 Å². The van der Waals surface area contributed by atoms with Crippen molar-refractivity contribution in [2.75, 3.05) is 7.11 Å². The summed E-state index contributed by atoms with van der Waals surface area (Å²) < 4.78 is 10.1. The Kier molecular flexibility index (Phi) is 3.80. The summed E-state index contributed by atoms with van der Waals surface area (Å²) in [6, 6.07) is 8.25. The van der Waals surface area contributed by atoms with Gasteiger partial charge in [0, 0.05) is 12.0 Å². The molecule has 0 saturated heterocycles. The predicted octanol–water partition coefficient (Wildman–Crippen LogP) is 3.11. The van der Waals surface area contributed by atoms with E-state index in [9.17, 15) is 9.59 Å². The number of rotatable bonds is 5. The van der Waals surface area contributed by atoms with Crippen LogP contribution in [0.25, 0.3) is 0 Å². The molecular formula is C15H14O4. The van der Waals surface area contributed by atoms with E-state index in [0.29, 0.717) is 23.3 Å². The van der Waals surface area contributed by atoms with Crippen molar-refractivity contribution in [2.45, 2.75) is 13.3 Å². The van der Waals surface area contributed by atoms with E-state index in [-0.39, 0.29) is 17.3 Å². The number of methoxy groups -OCH3 is 1.